The Labute approximate surface area is 128 Å². The van der Waals surface area contributed by atoms with Gasteiger partial charge in [0.25, 0.3) is 5.91 Å². The van der Waals surface area contributed by atoms with Crippen LogP contribution < -0.4 is 10.5 Å². The second-order valence-electron chi connectivity index (χ2n) is 4.74. The predicted molar refractivity (Wildman–Crippen MR) is 79.6 cm³/mol. The summed E-state index contributed by atoms with van der Waals surface area (Å²) < 4.78 is 5.28. The van der Waals surface area contributed by atoms with Crippen LogP contribution in [0.4, 0.5) is 5.69 Å². The molecule has 0 aliphatic carbocycles. The van der Waals surface area contributed by atoms with E-state index in [4.69, 9.17) is 10.5 Å². The third-order valence-electron chi connectivity index (χ3n) is 3.38. The quantitative estimate of drug-likeness (QED) is 0.650. The summed E-state index contributed by atoms with van der Waals surface area (Å²) in [5, 5.41) is 10.8. The number of nitro benzene ring substituents is 1. The molecule has 1 heterocycles. The molecule has 1 atom stereocenters. The summed E-state index contributed by atoms with van der Waals surface area (Å²) in [4.78, 5) is 23.9. The van der Waals surface area contributed by atoms with E-state index in [1.54, 1.807) is 17.0 Å². The zero-order chi connectivity index (χ0) is 14.5. The Morgan fingerprint density at radius 2 is 2.19 bits per heavy atom. The van der Waals surface area contributed by atoms with E-state index in [9.17, 15) is 14.9 Å². The first kappa shape index (κ1) is 17.2. The molecule has 0 bridgehead atoms. The number of amides is 1. The monoisotopic (exact) mass is 315 g/mol. The molecule has 1 aliphatic heterocycles. The molecule has 2 N–H and O–H groups in total. The average molecular weight is 316 g/mol. The Morgan fingerprint density at radius 1 is 1.48 bits per heavy atom. The zero-order valence-corrected chi connectivity index (χ0v) is 12.3. The van der Waals surface area contributed by atoms with E-state index in [1.807, 2.05) is 0 Å². The van der Waals surface area contributed by atoms with Crippen molar-refractivity contribution in [1.29, 1.82) is 0 Å². The topological polar surface area (TPSA) is 98.7 Å². The van der Waals surface area contributed by atoms with Crippen LogP contribution in [0.25, 0.3) is 0 Å². The molecule has 1 fully saturated rings. The van der Waals surface area contributed by atoms with Crippen molar-refractivity contribution in [2.45, 2.75) is 6.42 Å². The van der Waals surface area contributed by atoms with Gasteiger partial charge >= 0.3 is 5.69 Å². The summed E-state index contributed by atoms with van der Waals surface area (Å²) in [6.45, 7) is 1.67. The average Bonchev–Trinajstić information content (AvgIpc) is 2.94. The first-order chi connectivity index (χ1) is 9.61. The normalized spacial score (nSPS) is 17.2. The third-order valence-corrected chi connectivity index (χ3v) is 3.38. The smallest absolute Gasteiger partial charge is 0.310 e. The number of likely N-dealkylation sites (tertiary alicyclic amines) is 1. The van der Waals surface area contributed by atoms with Gasteiger partial charge in [0, 0.05) is 19.2 Å². The highest BCUT2D eigenvalue weighted by atomic mass is 35.5. The lowest BCUT2D eigenvalue weighted by atomic mass is 10.1. The standard InChI is InChI=1S/C13H17N3O4.ClH/c14-7-10-5-6-15(8-10)13(17)9-20-12-4-2-1-3-11(12)16(18)19;/h1-4,10H,5-9,14H2;1H. The van der Waals surface area contributed by atoms with Gasteiger partial charge in [-0.25, -0.2) is 0 Å². The van der Waals surface area contributed by atoms with E-state index in [0.717, 1.165) is 6.42 Å². The molecule has 21 heavy (non-hydrogen) atoms. The highest BCUT2D eigenvalue weighted by Gasteiger charge is 2.26. The molecule has 0 radical (unpaired) electrons. The van der Waals surface area contributed by atoms with Crippen molar-refractivity contribution < 1.29 is 14.5 Å². The highest BCUT2D eigenvalue weighted by Crippen LogP contribution is 2.26. The van der Waals surface area contributed by atoms with Gasteiger partial charge in [-0.2, -0.15) is 0 Å². The van der Waals surface area contributed by atoms with E-state index >= 15 is 0 Å². The van der Waals surface area contributed by atoms with Gasteiger partial charge in [0.1, 0.15) is 0 Å². The van der Waals surface area contributed by atoms with Crippen molar-refractivity contribution in [2.75, 3.05) is 26.2 Å². The van der Waals surface area contributed by atoms with Gasteiger partial charge in [-0.05, 0) is 24.9 Å². The fraction of sp³-hybridized carbons (Fsp3) is 0.462. The van der Waals surface area contributed by atoms with Crippen LogP contribution in [-0.2, 0) is 4.79 Å². The van der Waals surface area contributed by atoms with Crippen LogP contribution in [0.3, 0.4) is 0 Å². The molecule has 1 aliphatic rings. The van der Waals surface area contributed by atoms with Crippen molar-refractivity contribution in [3.63, 3.8) is 0 Å². The number of hydrogen-bond donors (Lipinski definition) is 1. The number of benzene rings is 1. The Hall–Kier alpha value is -1.86. The van der Waals surface area contributed by atoms with Gasteiger partial charge in [0.2, 0.25) is 0 Å². The molecule has 116 valence electrons. The van der Waals surface area contributed by atoms with Crippen molar-refractivity contribution in [3.8, 4) is 5.75 Å². The lowest BCUT2D eigenvalue weighted by molar-refractivity contribution is -0.385. The molecule has 8 heteroatoms. The second kappa shape index (κ2) is 7.80. The molecule has 7 nitrogen and oxygen atoms in total. The van der Waals surface area contributed by atoms with E-state index in [-0.39, 0.29) is 36.4 Å². The first-order valence-corrected chi connectivity index (χ1v) is 6.46. The molecular formula is C13H18ClN3O4. The number of para-hydroxylation sites is 2. The number of carbonyl (C=O) groups excluding carboxylic acids is 1. The number of nitro groups is 1. The summed E-state index contributed by atoms with van der Waals surface area (Å²) in [5.74, 6) is 0.282. The molecule has 1 aromatic rings. The highest BCUT2D eigenvalue weighted by molar-refractivity contribution is 5.85. The maximum absolute atomic E-state index is 12.0. The summed E-state index contributed by atoms with van der Waals surface area (Å²) in [5.41, 5.74) is 5.43. The number of rotatable bonds is 5. The predicted octanol–water partition coefficient (Wildman–Crippen LogP) is 1.20. The molecule has 1 saturated heterocycles. The number of halogens is 1. The molecule has 0 spiro atoms. The van der Waals surface area contributed by atoms with Gasteiger partial charge in [-0.3, -0.25) is 14.9 Å². The van der Waals surface area contributed by atoms with Crippen LogP contribution in [0.5, 0.6) is 5.75 Å². The minimum absolute atomic E-state index is 0. The van der Waals surface area contributed by atoms with Crippen molar-refractivity contribution >= 4 is 24.0 Å². The minimum Gasteiger partial charge on any atom is -0.477 e. The minimum atomic E-state index is -0.528. The number of hydrogen-bond acceptors (Lipinski definition) is 5. The first-order valence-electron chi connectivity index (χ1n) is 6.46. The number of ether oxygens (including phenoxy) is 1. The molecule has 1 aromatic carbocycles. The Morgan fingerprint density at radius 3 is 2.81 bits per heavy atom. The maximum Gasteiger partial charge on any atom is 0.310 e. The molecule has 0 saturated carbocycles. The van der Waals surface area contributed by atoms with Crippen molar-refractivity contribution in [3.05, 3.63) is 34.4 Å². The van der Waals surface area contributed by atoms with Crippen molar-refractivity contribution in [2.24, 2.45) is 11.7 Å². The maximum atomic E-state index is 12.0. The van der Waals surface area contributed by atoms with Gasteiger partial charge in [0.15, 0.2) is 12.4 Å². The molecular weight excluding hydrogens is 298 g/mol. The Bertz CT molecular complexity index is 512. The SMILES string of the molecule is Cl.NCC1CCN(C(=O)COc2ccccc2[N+](=O)[O-])C1. The zero-order valence-electron chi connectivity index (χ0n) is 11.4. The van der Waals surface area contributed by atoms with E-state index in [0.29, 0.717) is 25.6 Å². The lowest BCUT2D eigenvalue weighted by Gasteiger charge is -2.16. The van der Waals surface area contributed by atoms with Crippen LogP contribution in [-0.4, -0.2) is 42.0 Å². The number of nitrogens with two attached hydrogens (primary N) is 1. The molecule has 2 rings (SSSR count). The largest absolute Gasteiger partial charge is 0.477 e. The van der Waals surface area contributed by atoms with Crippen LogP contribution in [0.15, 0.2) is 24.3 Å². The van der Waals surface area contributed by atoms with Gasteiger partial charge in [0.05, 0.1) is 4.92 Å². The van der Waals surface area contributed by atoms with E-state index < -0.39 is 4.92 Å². The van der Waals surface area contributed by atoms with Crippen LogP contribution >= 0.6 is 12.4 Å². The fourth-order valence-electron chi connectivity index (χ4n) is 2.21. The van der Waals surface area contributed by atoms with E-state index in [1.165, 1.54) is 12.1 Å². The summed E-state index contributed by atoms with van der Waals surface area (Å²) in [6.07, 6.45) is 0.897. The van der Waals surface area contributed by atoms with Gasteiger partial charge in [-0.1, -0.05) is 12.1 Å². The second-order valence-corrected chi connectivity index (χ2v) is 4.74. The van der Waals surface area contributed by atoms with Crippen LogP contribution in [0.1, 0.15) is 6.42 Å². The number of nitrogens with zero attached hydrogens (tertiary/aromatic N) is 2. The third kappa shape index (κ3) is 4.30. The molecule has 1 unspecified atom stereocenters. The van der Waals surface area contributed by atoms with Gasteiger partial charge in [-0.15, -0.1) is 12.4 Å². The molecule has 0 aromatic heterocycles. The molecule has 1 amide bonds. The summed E-state index contributed by atoms with van der Waals surface area (Å²) in [7, 11) is 0. The number of carbonyl (C=O) groups is 1. The fourth-order valence-corrected chi connectivity index (χ4v) is 2.21. The van der Waals surface area contributed by atoms with Crippen LogP contribution in [0, 0.1) is 16.0 Å². The van der Waals surface area contributed by atoms with E-state index in [2.05, 4.69) is 0 Å². The summed E-state index contributed by atoms with van der Waals surface area (Å²) >= 11 is 0. The van der Waals surface area contributed by atoms with Gasteiger partial charge < -0.3 is 15.4 Å². The Kier molecular flexibility index (Phi) is 6.39. The Balaban J connectivity index is 0.00000220. The van der Waals surface area contributed by atoms with Crippen molar-refractivity contribution in [1.82, 2.24) is 4.90 Å². The lowest BCUT2D eigenvalue weighted by Crippen LogP contribution is -2.33. The van der Waals surface area contributed by atoms with Crippen LogP contribution in [0.2, 0.25) is 0 Å². The summed E-state index contributed by atoms with van der Waals surface area (Å²) in [6, 6.07) is 6.02.